The number of nitrogens with zero attached hydrogens (tertiary/aromatic N) is 2. The third-order valence-electron chi connectivity index (χ3n) is 5.31. The van der Waals surface area contributed by atoms with E-state index in [1.54, 1.807) is 11.3 Å². The highest BCUT2D eigenvalue weighted by atomic mass is 32.1. The van der Waals surface area contributed by atoms with Crippen LogP contribution >= 0.6 is 11.3 Å². The minimum absolute atomic E-state index is 0.136. The van der Waals surface area contributed by atoms with Crippen molar-refractivity contribution in [2.75, 3.05) is 13.1 Å². The lowest BCUT2D eigenvalue weighted by Crippen LogP contribution is -2.17. The first-order valence-electron chi connectivity index (χ1n) is 11.0. The molecule has 0 radical (unpaired) electrons. The van der Waals surface area contributed by atoms with Gasteiger partial charge in [-0.05, 0) is 35.2 Å². The molecule has 33 heavy (non-hydrogen) atoms. The Labute approximate surface area is 197 Å². The number of rotatable bonds is 10. The molecule has 0 aliphatic rings. The van der Waals surface area contributed by atoms with Gasteiger partial charge in [0.25, 0.3) is 0 Å². The van der Waals surface area contributed by atoms with E-state index in [1.807, 2.05) is 12.1 Å². The fourth-order valence-electron chi connectivity index (χ4n) is 3.59. The molecule has 0 saturated carbocycles. The van der Waals surface area contributed by atoms with Crippen molar-refractivity contribution in [3.8, 4) is 16.9 Å². The minimum Gasteiger partial charge on any atom is -0.481 e. The third-order valence-corrected chi connectivity index (χ3v) is 6.17. The number of carbonyl (C=O) groups is 1. The Balaban J connectivity index is 1.46. The van der Waals surface area contributed by atoms with Crippen LogP contribution in [0.3, 0.4) is 0 Å². The van der Waals surface area contributed by atoms with Gasteiger partial charge >= 0.3 is 5.97 Å². The molecule has 0 saturated heterocycles. The number of para-hydroxylation sites is 1. The summed E-state index contributed by atoms with van der Waals surface area (Å²) in [5.41, 5.74) is 5.81. The quantitative estimate of drug-likeness (QED) is 0.333. The van der Waals surface area contributed by atoms with Crippen molar-refractivity contribution < 1.29 is 9.90 Å². The van der Waals surface area contributed by atoms with Crippen molar-refractivity contribution in [3.63, 3.8) is 0 Å². The highest BCUT2D eigenvalue weighted by Gasteiger charge is 2.09. The van der Waals surface area contributed by atoms with E-state index in [4.69, 9.17) is 10.1 Å². The highest BCUT2D eigenvalue weighted by molar-refractivity contribution is 7.07. The predicted octanol–water partition coefficient (Wildman–Crippen LogP) is 4.91. The number of carboxylic acids is 1. The van der Waals surface area contributed by atoms with Crippen LogP contribution in [0.1, 0.15) is 17.5 Å². The maximum absolute atomic E-state index is 10.6. The lowest BCUT2D eigenvalue weighted by Gasteiger charge is -2.09. The van der Waals surface area contributed by atoms with Crippen LogP contribution in [0.2, 0.25) is 0 Å². The zero-order chi connectivity index (χ0) is 22.9. The van der Waals surface area contributed by atoms with Crippen LogP contribution in [0.15, 0.2) is 95.3 Å². The Morgan fingerprint density at radius 2 is 1.58 bits per heavy atom. The van der Waals surface area contributed by atoms with Gasteiger partial charge in [0.15, 0.2) is 4.80 Å². The lowest BCUT2D eigenvalue weighted by molar-refractivity contribution is -0.136. The fraction of sp³-hybridized carbons (Fsp3) is 0.185. The molecule has 0 aliphatic heterocycles. The molecule has 0 fully saturated rings. The van der Waals surface area contributed by atoms with E-state index in [0.29, 0.717) is 19.6 Å². The van der Waals surface area contributed by atoms with Crippen LogP contribution in [0.25, 0.3) is 16.9 Å². The molecule has 5 nitrogen and oxygen atoms in total. The summed E-state index contributed by atoms with van der Waals surface area (Å²) >= 11 is 1.66. The Morgan fingerprint density at radius 3 is 2.27 bits per heavy atom. The van der Waals surface area contributed by atoms with Crippen LogP contribution in [-0.4, -0.2) is 28.7 Å². The van der Waals surface area contributed by atoms with E-state index < -0.39 is 5.97 Å². The van der Waals surface area contributed by atoms with Crippen molar-refractivity contribution in [3.05, 3.63) is 106 Å². The molecular formula is C27H27N3O2S. The summed E-state index contributed by atoms with van der Waals surface area (Å²) in [5.74, 6) is -0.781. The molecule has 0 atom stereocenters. The summed E-state index contributed by atoms with van der Waals surface area (Å²) in [5, 5.41) is 14.0. The van der Waals surface area contributed by atoms with Gasteiger partial charge in [-0.15, -0.1) is 11.3 Å². The van der Waals surface area contributed by atoms with E-state index >= 15 is 0 Å². The van der Waals surface area contributed by atoms with Gasteiger partial charge in [-0.2, -0.15) is 0 Å². The molecule has 0 unspecified atom stereocenters. The van der Waals surface area contributed by atoms with Gasteiger partial charge in [-0.25, -0.2) is 0 Å². The van der Waals surface area contributed by atoms with Gasteiger partial charge in [0.05, 0.1) is 12.1 Å². The summed E-state index contributed by atoms with van der Waals surface area (Å²) < 4.78 is 2.23. The minimum atomic E-state index is -0.781. The van der Waals surface area contributed by atoms with E-state index in [1.165, 1.54) is 11.1 Å². The first-order valence-corrected chi connectivity index (χ1v) is 11.9. The summed E-state index contributed by atoms with van der Waals surface area (Å²) in [6.45, 7) is 1.85. The second-order valence-corrected chi connectivity index (χ2v) is 8.55. The monoisotopic (exact) mass is 457 g/mol. The first kappa shape index (κ1) is 22.7. The van der Waals surface area contributed by atoms with Gasteiger partial charge in [0.1, 0.15) is 0 Å². The van der Waals surface area contributed by atoms with Crippen LogP contribution in [0, 0.1) is 0 Å². The molecule has 0 spiro atoms. The molecule has 168 valence electrons. The van der Waals surface area contributed by atoms with E-state index in [2.05, 4.69) is 88.1 Å². The first-order chi connectivity index (χ1) is 16.2. The standard InChI is InChI=1S/C27H27N3O2S/c31-26(32)16-17-28-19-22-13-11-21(12-14-22)15-18-29-27-30(24-9-5-2-6-10-24)25(20-33-27)23-7-3-1-4-8-23/h1-14,20,28H,15-19H2,(H,31,32). The summed E-state index contributed by atoms with van der Waals surface area (Å²) in [6.07, 6.45) is 0.997. The van der Waals surface area contributed by atoms with Crippen molar-refractivity contribution >= 4 is 17.3 Å². The number of nitrogens with one attached hydrogen (secondary N) is 1. The topological polar surface area (TPSA) is 66.6 Å². The second-order valence-electron chi connectivity index (χ2n) is 7.71. The molecule has 1 heterocycles. The number of aromatic nitrogens is 1. The molecular weight excluding hydrogens is 430 g/mol. The molecule has 1 aromatic heterocycles. The average molecular weight is 458 g/mol. The second kappa shape index (κ2) is 11.4. The van der Waals surface area contributed by atoms with Gasteiger partial charge in [-0.1, -0.05) is 72.8 Å². The Hall–Kier alpha value is -3.48. The number of hydrogen-bond donors (Lipinski definition) is 2. The maximum atomic E-state index is 10.6. The Bertz CT molecular complexity index is 1230. The van der Waals surface area contributed by atoms with Crippen molar-refractivity contribution in [1.29, 1.82) is 0 Å². The van der Waals surface area contributed by atoms with Crippen molar-refractivity contribution in [2.24, 2.45) is 4.99 Å². The molecule has 0 amide bonds. The van der Waals surface area contributed by atoms with E-state index in [9.17, 15) is 4.79 Å². The summed E-state index contributed by atoms with van der Waals surface area (Å²) in [7, 11) is 0. The van der Waals surface area contributed by atoms with Crippen LogP contribution in [-0.2, 0) is 17.8 Å². The smallest absolute Gasteiger partial charge is 0.304 e. The highest BCUT2D eigenvalue weighted by Crippen LogP contribution is 2.23. The largest absolute Gasteiger partial charge is 0.481 e. The molecule has 0 aliphatic carbocycles. The third kappa shape index (κ3) is 6.28. The predicted molar refractivity (Wildman–Crippen MR) is 134 cm³/mol. The normalized spacial score (nSPS) is 11.6. The molecule has 0 bridgehead atoms. The summed E-state index contributed by atoms with van der Waals surface area (Å²) in [4.78, 5) is 16.5. The van der Waals surface area contributed by atoms with E-state index in [-0.39, 0.29) is 6.42 Å². The Kier molecular flexibility index (Phi) is 7.85. The number of benzene rings is 3. The fourth-order valence-corrected chi connectivity index (χ4v) is 4.52. The Morgan fingerprint density at radius 1 is 0.909 bits per heavy atom. The molecule has 4 rings (SSSR count). The SMILES string of the molecule is O=C(O)CCNCc1ccc(CCN=c2scc(-c3ccccc3)n2-c2ccccc2)cc1. The van der Waals surface area contributed by atoms with Crippen molar-refractivity contribution in [2.45, 2.75) is 19.4 Å². The molecule has 4 aromatic rings. The van der Waals surface area contributed by atoms with E-state index in [0.717, 1.165) is 28.2 Å². The van der Waals surface area contributed by atoms with Crippen molar-refractivity contribution in [1.82, 2.24) is 9.88 Å². The van der Waals surface area contributed by atoms with Crippen LogP contribution in [0.4, 0.5) is 0 Å². The number of hydrogen-bond acceptors (Lipinski definition) is 4. The molecule has 2 N–H and O–H groups in total. The lowest BCUT2D eigenvalue weighted by atomic mass is 10.1. The summed E-state index contributed by atoms with van der Waals surface area (Å²) in [6, 6.07) is 29.2. The number of thiazole rings is 1. The van der Waals surface area contributed by atoms with Gasteiger partial charge in [-0.3, -0.25) is 14.4 Å². The number of carboxylic acid groups (broad SMARTS) is 1. The van der Waals surface area contributed by atoms with Gasteiger partial charge in [0, 0.05) is 30.7 Å². The van der Waals surface area contributed by atoms with Crippen LogP contribution < -0.4 is 10.1 Å². The zero-order valence-electron chi connectivity index (χ0n) is 18.4. The number of aliphatic carboxylic acids is 1. The molecule has 6 heteroatoms. The van der Waals surface area contributed by atoms with Gasteiger partial charge < -0.3 is 10.4 Å². The zero-order valence-corrected chi connectivity index (χ0v) is 19.2. The maximum Gasteiger partial charge on any atom is 0.304 e. The molecule has 3 aromatic carbocycles. The average Bonchev–Trinajstić information content (AvgIpc) is 3.27. The van der Waals surface area contributed by atoms with Gasteiger partial charge in [0.2, 0.25) is 0 Å². The van der Waals surface area contributed by atoms with Crippen LogP contribution in [0.5, 0.6) is 0 Å².